The molecule has 0 aliphatic carbocycles. The average molecular weight is 1590 g/mol. The summed E-state index contributed by atoms with van der Waals surface area (Å²) in [5.41, 5.74) is 4.55. The summed E-state index contributed by atoms with van der Waals surface area (Å²) in [6.45, 7) is 6.17. The first-order valence-electron chi connectivity index (χ1n) is 41.1. The number of alkyl halides is 3. The van der Waals surface area contributed by atoms with E-state index in [0.717, 1.165) is 72.1 Å². The average Bonchev–Trinajstić information content (AvgIpc) is 0.751. The Kier molecular flexibility index (Phi) is 36.2. The smallest absolute Gasteiger partial charge is 0.416 e. The van der Waals surface area contributed by atoms with Gasteiger partial charge in [0.1, 0.15) is 55.5 Å². The van der Waals surface area contributed by atoms with Crippen LogP contribution in [0.25, 0.3) is 0 Å². The van der Waals surface area contributed by atoms with Gasteiger partial charge in [0.05, 0.1) is 77.6 Å². The summed E-state index contributed by atoms with van der Waals surface area (Å²) in [6, 6.07) is 79.8. The fourth-order valence-corrected chi connectivity index (χ4v) is 14.9. The quantitative estimate of drug-likeness (QED) is 0.0160. The molecule has 2 saturated heterocycles. The maximum Gasteiger partial charge on any atom is 0.416 e. The van der Waals surface area contributed by atoms with Gasteiger partial charge in [-0.15, -0.1) is 6.58 Å². The molecule has 2 N–H and O–H groups in total. The molecule has 9 aromatic carbocycles. The molecule has 0 spiro atoms. The molecule has 616 valence electrons. The lowest BCUT2D eigenvalue weighted by Gasteiger charge is -2.48. The molecule has 2 fully saturated rings. The number of unbranched alkanes of at least 4 members (excludes halogenated alkanes) is 12. The lowest BCUT2D eigenvalue weighted by atomic mass is 9.80. The highest BCUT2D eigenvalue weighted by atomic mass is 19.4. The minimum absolute atomic E-state index is 0.0254. The molecule has 11 atom stereocenters. The fourth-order valence-electron chi connectivity index (χ4n) is 14.9. The number of alkyl carbamates (subject to hydrolysis) is 1. The molecule has 19 heteroatoms. The Labute approximate surface area is 682 Å². The van der Waals surface area contributed by atoms with Crippen LogP contribution in [0, 0.1) is 0 Å². The van der Waals surface area contributed by atoms with E-state index in [1.54, 1.807) is 6.08 Å². The normalized spacial score (nSPS) is 19.9. The standard InChI is InChI=1S/C97H113F3N2O14/c1-3-5-6-7-8-9-10-11-12-13-14-15-40-57-83(108-65-78-58-60-82(61-59-78)97(98,99)100)63-86(103)101-87-91(111-68-76-47-30-19-31-48-76)90(110-67-75-45-28-18-29-46-75)85(115-93(87)107-62-4-2)71-113-94-88(102-95(104)116-96(79-51-34-21-35-52-79,80-53-36-22-37-54-80)81-55-38-23-39-56-81)92(112-69-77-49-32-20-33-50-77)89(109-66-74-43-26-17-27-44-74)84(114-94)70-106-72-105-64-73-41-24-16-25-42-73/h4,16-39,41-56,58-61,83-85,87-94H,2-3,5-15,40,57,62-72H2,1H3,(H,101,103)(H,102,104)/t83-,84-,85-,87-,88-,89-,90-,91-,92-,93+,94-/m1/s1. The van der Waals surface area contributed by atoms with Crippen molar-refractivity contribution < 1.29 is 79.6 Å². The Morgan fingerprint density at radius 3 is 1.20 bits per heavy atom. The second-order valence-corrected chi connectivity index (χ2v) is 29.7. The van der Waals surface area contributed by atoms with Crippen molar-refractivity contribution in [2.75, 3.05) is 26.6 Å². The van der Waals surface area contributed by atoms with E-state index in [2.05, 4.69) is 24.1 Å². The monoisotopic (exact) mass is 1590 g/mol. The van der Waals surface area contributed by atoms with Crippen molar-refractivity contribution in [1.29, 1.82) is 0 Å². The van der Waals surface area contributed by atoms with Gasteiger partial charge in [-0.1, -0.05) is 351 Å². The number of rotatable bonds is 49. The summed E-state index contributed by atoms with van der Waals surface area (Å²) in [5, 5.41) is 6.58. The zero-order chi connectivity index (χ0) is 80.7. The minimum Gasteiger partial charge on any atom is -0.428 e. The van der Waals surface area contributed by atoms with E-state index in [-0.39, 0.29) is 72.7 Å². The lowest BCUT2D eigenvalue weighted by Crippen LogP contribution is -2.68. The highest BCUT2D eigenvalue weighted by molar-refractivity contribution is 5.77. The fraction of sp³-hybridized carbons (Fsp3) is 0.402. The third-order valence-corrected chi connectivity index (χ3v) is 21.0. The van der Waals surface area contributed by atoms with E-state index < -0.39 is 96.7 Å². The topological polar surface area (TPSA) is 169 Å². The van der Waals surface area contributed by atoms with Crippen LogP contribution in [0.2, 0.25) is 0 Å². The van der Waals surface area contributed by atoms with E-state index in [1.165, 1.54) is 63.5 Å². The van der Waals surface area contributed by atoms with E-state index in [0.29, 0.717) is 28.7 Å². The van der Waals surface area contributed by atoms with Crippen molar-refractivity contribution in [3.8, 4) is 0 Å². The van der Waals surface area contributed by atoms with Crippen molar-refractivity contribution in [3.63, 3.8) is 0 Å². The largest absolute Gasteiger partial charge is 0.428 e. The Bertz CT molecular complexity index is 4090. The van der Waals surface area contributed by atoms with E-state index in [1.807, 2.05) is 243 Å². The van der Waals surface area contributed by atoms with Crippen LogP contribution in [0.3, 0.4) is 0 Å². The van der Waals surface area contributed by atoms with Crippen LogP contribution in [0.4, 0.5) is 18.0 Å². The number of carbonyl (C=O) groups is 2. The van der Waals surface area contributed by atoms with Crippen LogP contribution in [0.1, 0.15) is 159 Å². The summed E-state index contributed by atoms with van der Waals surface area (Å²) < 4.78 is 125. The third kappa shape index (κ3) is 27.5. The van der Waals surface area contributed by atoms with Gasteiger partial charge < -0.3 is 67.5 Å². The van der Waals surface area contributed by atoms with Gasteiger partial charge in [-0.3, -0.25) is 4.79 Å². The number of ether oxygens (including phenoxy) is 12. The number of carbonyl (C=O) groups excluding carboxylic acids is 2. The first-order valence-corrected chi connectivity index (χ1v) is 41.1. The SMILES string of the molecule is C=CCO[C@H]1O[C@H](CO[C@@H]2O[C@H](COCOCc3ccccc3)[C@@H](OCc3ccccc3)[C@H](OCc3ccccc3)[C@H]2NC(=O)OC(c2ccccc2)(c2ccccc2)c2ccccc2)[C@@H](OCc2ccccc2)[C@H](OCc2ccccc2)[C@H]1NC(=O)C[C@@H](CCCCCCCCCCCCCCC)OCc1ccc(C(F)(F)F)cc1. The molecule has 2 heterocycles. The zero-order valence-electron chi connectivity index (χ0n) is 66.6. The van der Waals surface area contributed by atoms with Gasteiger partial charge in [0.25, 0.3) is 0 Å². The minimum atomic E-state index is -4.51. The second-order valence-electron chi connectivity index (χ2n) is 29.7. The molecule has 16 nitrogen and oxygen atoms in total. The molecular formula is C97H113F3N2O14. The van der Waals surface area contributed by atoms with Gasteiger partial charge in [0.15, 0.2) is 18.2 Å². The number of hydrogen-bond donors (Lipinski definition) is 2. The van der Waals surface area contributed by atoms with Gasteiger partial charge in [-0.25, -0.2) is 4.79 Å². The first kappa shape index (κ1) is 87.6. The highest BCUT2D eigenvalue weighted by Crippen LogP contribution is 2.42. The van der Waals surface area contributed by atoms with Crippen LogP contribution in [-0.2, 0) is 113 Å². The van der Waals surface area contributed by atoms with Crippen molar-refractivity contribution in [1.82, 2.24) is 10.6 Å². The molecule has 0 bridgehead atoms. The number of hydrogen-bond acceptors (Lipinski definition) is 14. The van der Waals surface area contributed by atoms with Crippen molar-refractivity contribution in [2.24, 2.45) is 0 Å². The Morgan fingerprint density at radius 2 is 0.776 bits per heavy atom. The van der Waals surface area contributed by atoms with Gasteiger partial charge in [0, 0.05) is 16.7 Å². The molecule has 116 heavy (non-hydrogen) atoms. The van der Waals surface area contributed by atoms with Gasteiger partial charge in [0.2, 0.25) is 5.91 Å². The summed E-state index contributed by atoms with van der Waals surface area (Å²) in [4.78, 5) is 31.3. The number of halogens is 3. The molecule has 2 aliphatic rings. The molecule has 2 amide bonds. The van der Waals surface area contributed by atoms with Crippen molar-refractivity contribution >= 4 is 12.0 Å². The number of nitrogens with one attached hydrogen (secondary N) is 2. The summed E-state index contributed by atoms with van der Waals surface area (Å²) >= 11 is 0. The summed E-state index contributed by atoms with van der Waals surface area (Å²) in [6.07, 6.45) is 2.03. The molecular weight excluding hydrogens is 1470 g/mol. The number of benzene rings is 9. The first-order chi connectivity index (χ1) is 56.9. The Balaban J connectivity index is 0.939. The Hall–Kier alpha value is -9.19. The summed E-state index contributed by atoms with van der Waals surface area (Å²) in [7, 11) is 0. The molecule has 2 aliphatic heterocycles. The second kappa shape index (κ2) is 47.9. The van der Waals surface area contributed by atoms with Crippen LogP contribution in [0.5, 0.6) is 0 Å². The zero-order valence-corrected chi connectivity index (χ0v) is 66.6. The maximum absolute atomic E-state index is 16.0. The van der Waals surface area contributed by atoms with Crippen molar-refractivity contribution in [3.05, 3.63) is 335 Å². The predicted molar refractivity (Wildman–Crippen MR) is 441 cm³/mol. The lowest BCUT2D eigenvalue weighted by molar-refractivity contribution is -0.319. The van der Waals surface area contributed by atoms with Gasteiger partial charge in [-0.2, -0.15) is 13.2 Å². The molecule has 11 rings (SSSR count). The van der Waals surface area contributed by atoms with Crippen LogP contribution in [-0.4, -0.2) is 106 Å². The van der Waals surface area contributed by atoms with E-state index >= 15 is 9.59 Å². The van der Waals surface area contributed by atoms with Crippen molar-refractivity contribution in [2.45, 2.75) is 222 Å². The molecule has 0 saturated carbocycles. The molecule has 0 aromatic heterocycles. The Morgan fingerprint density at radius 1 is 0.405 bits per heavy atom. The highest BCUT2D eigenvalue weighted by Gasteiger charge is 2.53. The van der Waals surface area contributed by atoms with Gasteiger partial charge in [-0.05, 0) is 51.9 Å². The van der Waals surface area contributed by atoms with E-state index in [4.69, 9.17) is 56.8 Å². The molecule has 0 radical (unpaired) electrons. The van der Waals surface area contributed by atoms with Crippen LogP contribution >= 0.6 is 0 Å². The number of amides is 2. The van der Waals surface area contributed by atoms with Crippen LogP contribution in [0.15, 0.2) is 280 Å². The molecule has 9 aromatic rings. The van der Waals surface area contributed by atoms with E-state index in [9.17, 15) is 13.2 Å². The maximum atomic E-state index is 16.0. The van der Waals surface area contributed by atoms with Crippen LogP contribution < -0.4 is 10.6 Å². The van der Waals surface area contributed by atoms with Gasteiger partial charge >= 0.3 is 12.3 Å². The molecule has 0 unspecified atom stereocenters. The predicted octanol–water partition coefficient (Wildman–Crippen LogP) is 20.2. The summed E-state index contributed by atoms with van der Waals surface area (Å²) in [5.74, 6) is -0.417. The third-order valence-electron chi connectivity index (χ3n) is 21.0.